The third-order valence-electron chi connectivity index (χ3n) is 4.23. The van der Waals surface area contributed by atoms with Gasteiger partial charge in [-0.05, 0) is 24.8 Å². The van der Waals surface area contributed by atoms with E-state index in [4.69, 9.17) is 0 Å². The van der Waals surface area contributed by atoms with Gasteiger partial charge in [-0.1, -0.05) is 0 Å². The number of likely N-dealkylation sites (N-methyl/N-ethyl adjacent to an activating group) is 1. The first kappa shape index (κ1) is 17.3. The summed E-state index contributed by atoms with van der Waals surface area (Å²) >= 11 is 1.30. The van der Waals surface area contributed by atoms with E-state index in [9.17, 15) is 14.4 Å². The van der Waals surface area contributed by atoms with Gasteiger partial charge in [0.15, 0.2) is 5.13 Å². The van der Waals surface area contributed by atoms with Gasteiger partial charge in [0.25, 0.3) is 5.56 Å². The number of carbonyl (C=O) groups excluding carboxylic acids is 2. The maximum Gasteiger partial charge on any atom is 0.266 e. The van der Waals surface area contributed by atoms with Crippen molar-refractivity contribution in [2.24, 2.45) is 13.0 Å². The molecule has 0 aliphatic heterocycles. The molecular formula is C16H19N5O3S. The predicted octanol–water partition coefficient (Wildman–Crippen LogP) is 0.269. The van der Waals surface area contributed by atoms with Crippen molar-refractivity contribution >= 4 is 28.3 Å². The van der Waals surface area contributed by atoms with Gasteiger partial charge in [-0.3, -0.25) is 14.4 Å². The normalized spacial score (nSPS) is 16.2. The molecule has 3 rings (SSSR count). The lowest BCUT2D eigenvalue weighted by Crippen LogP contribution is -2.31. The number of fused-ring (bicyclic) bond motifs is 1. The van der Waals surface area contributed by atoms with Crippen LogP contribution in [-0.4, -0.2) is 33.6 Å². The molecule has 0 aromatic carbocycles. The topological polar surface area (TPSA) is 106 Å². The minimum absolute atomic E-state index is 0.118. The number of hydrogen-bond acceptors (Lipinski definition) is 6. The fourth-order valence-electron chi connectivity index (χ4n) is 2.82. The Hall–Kier alpha value is -2.55. The van der Waals surface area contributed by atoms with Crippen LogP contribution in [-0.2, 0) is 35.9 Å². The second-order valence-electron chi connectivity index (χ2n) is 6.00. The monoisotopic (exact) mass is 361 g/mol. The summed E-state index contributed by atoms with van der Waals surface area (Å²) in [5.74, 6) is -0.457. The molecule has 1 aliphatic rings. The van der Waals surface area contributed by atoms with Crippen LogP contribution in [0.25, 0.3) is 0 Å². The highest BCUT2D eigenvalue weighted by atomic mass is 32.1. The number of anilines is 1. The number of aryl methyl sites for hydroxylation is 2. The van der Waals surface area contributed by atoms with Crippen LogP contribution in [0.15, 0.2) is 16.2 Å². The molecule has 0 spiro atoms. The van der Waals surface area contributed by atoms with Gasteiger partial charge in [0, 0.05) is 31.5 Å². The fourth-order valence-corrected chi connectivity index (χ4v) is 3.53. The average Bonchev–Trinajstić information content (AvgIpc) is 3.02. The van der Waals surface area contributed by atoms with Crippen molar-refractivity contribution in [3.63, 3.8) is 0 Å². The molecule has 0 unspecified atom stereocenters. The molecule has 1 atom stereocenters. The second kappa shape index (κ2) is 7.14. The number of nitrogens with one attached hydrogen (secondary N) is 2. The number of nitrogens with zero attached hydrogens (tertiary/aromatic N) is 3. The van der Waals surface area contributed by atoms with Crippen LogP contribution in [0.4, 0.5) is 5.13 Å². The standard InChI is InChI=1S/C16H19N5O3S/c1-17-13(22)7-11-8-25-16(18-11)19-15(24)9-3-4-12-10(5-9)6-14(23)21(2)20-12/h6,8-9H,3-5,7H2,1-2H3,(H,17,22)(H,18,19,24)/t9-/m1/s1. The zero-order valence-corrected chi connectivity index (χ0v) is 14.9. The molecule has 2 N–H and O–H groups in total. The van der Waals surface area contributed by atoms with E-state index in [0.29, 0.717) is 30.1 Å². The van der Waals surface area contributed by atoms with Crippen molar-refractivity contribution in [3.8, 4) is 0 Å². The smallest absolute Gasteiger partial charge is 0.266 e. The van der Waals surface area contributed by atoms with Gasteiger partial charge in [0.05, 0.1) is 17.8 Å². The zero-order chi connectivity index (χ0) is 18.0. The van der Waals surface area contributed by atoms with Gasteiger partial charge in [0.1, 0.15) is 0 Å². The minimum atomic E-state index is -0.215. The molecule has 0 fully saturated rings. The molecule has 2 aromatic rings. The number of thiazole rings is 1. The van der Waals surface area contributed by atoms with E-state index in [1.54, 1.807) is 25.5 Å². The lowest BCUT2D eigenvalue weighted by atomic mass is 9.86. The predicted molar refractivity (Wildman–Crippen MR) is 93.5 cm³/mol. The highest BCUT2D eigenvalue weighted by Crippen LogP contribution is 2.25. The van der Waals surface area contributed by atoms with E-state index in [0.717, 1.165) is 11.3 Å². The largest absolute Gasteiger partial charge is 0.359 e. The number of amides is 2. The molecule has 2 heterocycles. The van der Waals surface area contributed by atoms with Crippen molar-refractivity contribution in [2.75, 3.05) is 12.4 Å². The third-order valence-corrected chi connectivity index (χ3v) is 5.03. The molecule has 8 nitrogen and oxygen atoms in total. The Morgan fingerprint density at radius 3 is 3.00 bits per heavy atom. The van der Waals surface area contributed by atoms with Crippen molar-refractivity contribution in [1.29, 1.82) is 0 Å². The summed E-state index contributed by atoms with van der Waals surface area (Å²) in [6.07, 6.45) is 2.04. The molecule has 0 saturated carbocycles. The SMILES string of the molecule is CNC(=O)Cc1csc(NC(=O)[C@@H]2CCc3nn(C)c(=O)cc3C2)n1. The van der Waals surface area contributed by atoms with Crippen LogP contribution in [0, 0.1) is 5.92 Å². The Morgan fingerprint density at radius 2 is 2.24 bits per heavy atom. The second-order valence-corrected chi connectivity index (χ2v) is 6.86. The Balaban J connectivity index is 1.65. The Bertz CT molecular complexity index is 873. The maximum absolute atomic E-state index is 12.5. The number of rotatable bonds is 4. The molecule has 0 bridgehead atoms. The third kappa shape index (κ3) is 3.93. The van der Waals surface area contributed by atoms with Crippen LogP contribution < -0.4 is 16.2 Å². The number of aromatic nitrogens is 3. The summed E-state index contributed by atoms with van der Waals surface area (Å²) < 4.78 is 1.32. The fraction of sp³-hybridized carbons (Fsp3) is 0.438. The van der Waals surface area contributed by atoms with Crippen LogP contribution in [0.3, 0.4) is 0 Å². The van der Waals surface area contributed by atoms with Crippen molar-refractivity contribution in [1.82, 2.24) is 20.1 Å². The molecule has 132 valence electrons. The summed E-state index contributed by atoms with van der Waals surface area (Å²) in [6.45, 7) is 0. The van der Waals surface area contributed by atoms with Crippen LogP contribution in [0.2, 0.25) is 0 Å². The zero-order valence-electron chi connectivity index (χ0n) is 14.0. The first-order valence-corrected chi connectivity index (χ1v) is 8.86. The minimum Gasteiger partial charge on any atom is -0.359 e. The summed E-state index contributed by atoms with van der Waals surface area (Å²) in [5.41, 5.74) is 2.18. The number of carbonyl (C=O) groups is 2. The van der Waals surface area contributed by atoms with Gasteiger partial charge in [-0.2, -0.15) is 5.10 Å². The molecule has 25 heavy (non-hydrogen) atoms. The van der Waals surface area contributed by atoms with Crippen molar-refractivity contribution < 1.29 is 9.59 Å². The first-order valence-electron chi connectivity index (χ1n) is 7.98. The van der Waals surface area contributed by atoms with Gasteiger partial charge in [0.2, 0.25) is 11.8 Å². The van der Waals surface area contributed by atoms with Gasteiger partial charge < -0.3 is 10.6 Å². The maximum atomic E-state index is 12.5. The Labute approximate surface area is 148 Å². The Kier molecular flexibility index (Phi) is 4.93. The van der Waals surface area contributed by atoms with E-state index in [1.165, 1.54) is 16.0 Å². The molecule has 2 amide bonds. The van der Waals surface area contributed by atoms with Crippen molar-refractivity contribution in [2.45, 2.75) is 25.7 Å². The average molecular weight is 361 g/mol. The molecule has 0 radical (unpaired) electrons. The summed E-state index contributed by atoms with van der Waals surface area (Å²) in [5, 5.41) is 11.8. The van der Waals surface area contributed by atoms with E-state index < -0.39 is 0 Å². The number of hydrogen-bond donors (Lipinski definition) is 2. The summed E-state index contributed by atoms with van der Waals surface area (Å²) in [6, 6.07) is 1.56. The first-order chi connectivity index (χ1) is 12.0. The van der Waals surface area contributed by atoms with Crippen molar-refractivity contribution in [3.05, 3.63) is 38.8 Å². The molecule has 1 aliphatic carbocycles. The highest BCUT2D eigenvalue weighted by Gasteiger charge is 2.26. The highest BCUT2D eigenvalue weighted by molar-refractivity contribution is 7.13. The van der Waals surface area contributed by atoms with Gasteiger partial charge in [-0.15, -0.1) is 11.3 Å². The van der Waals surface area contributed by atoms with E-state index in [1.807, 2.05) is 0 Å². The van der Waals surface area contributed by atoms with E-state index >= 15 is 0 Å². The molecule has 9 heteroatoms. The van der Waals surface area contributed by atoms with E-state index in [2.05, 4.69) is 20.7 Å². The van der Waals surface area contributed by atoms with Crippen LogP contribution in [0.1, 0.15) is 23.4 Å². The summed E-state index contributed by atoms with van der Waals surface area (Å²) in [4.78, 5) is 39.8. The van der Waals surface area contributed by atoms with E-state index in [-0.39, 0.29) is 29.7 Å². The lowest BCUT2D eigenvalue weighted by molar-refractivity contribution is -0.120. The molecular weight excluding hydrogens is 342 g/mol. The lowest BCUT2D eigenvalue weighted by Gasteiger charge is -2.22. The molecule has 0 saturated heterocycles. The quantitative estimate of drug-likeness (QED) is 0.813. The Morgan fingerprint density at radius 1 is 1.44 bits per heavy atom. The van der Waals surface area contributed by atoms with Gasteiger partial charge >= 0.3 is 0 Å². The van der Waals surface area contributed by atoms with Crippen LogP contribution in [0.5, 0.6) is 0 Å². The van der Waals surface area contributed by atoms with Gasteiger partial charge in [-0.25, -0.2) is 9.67 Å². The molecule has 2 aromatic heterocycles. The summed E-state index contributed by atoms with van der Waals surface area (Å²) in [7, 11) is 3.20. The van der Waals surface area contributed by atoms with Crippen LogP contribution >= 0.6 is 11.3 Å².